The Kier molecular flexibility index (Phi) is 8.67. The zero-order valence-electron chi connectivity index (χ0n) is 23.3. The van der Waals surface area contributed by atoms with E-state index in [1.165, 1.54) is 12.4 Å². The van der Waals surface area contributed by atoms with E-state index in [9.17, 15) is 27.5 Å². The molecule has 1 aromatic carbocycles. The Balaban J connectivity index is 1.32. The first-order valence-corrected chi connectivity index (χ1v) is 14.1. The highest BCUT2D eigenvalue weighted by molar-refractivity contribution is 5.84. The van der Waals surface area contributed by atoms with E-state index in [1.54, 1.807) is 4.90 Å². The van der Waals surface area contributed by atoms with Crippen LogP contribution in [0, 0.1) is 5.82 Å². The fourth-order valence-corrected chi connectivity index (χ4v) is 6.13. The van der Waals surface area contributed by atoms with Gasteiger partial charge < -0.3 is 24.5 Å². The van der Waals surface area contributed by atoms with E-state index in [4.69, 9.17) is 0 Å². The molecule has 3 heterocycles. The maximum Gasteiger partial charge on any atom is 0.573 e. The van der Waals surface area contributed by atoms with Crippen molar-refractivity contribution in [3.8, 4) is 5.75 Å². The van der Waals surface area contributed by atoms with E-state index in [-0.39, 0.29) is 11.8 Å². The monoisotopic (exact) mass is 580 g/mol. The Morgan fingerprint density at radius 2 is 1.76 bits per heavy atom. The van der Waals surface area contributed by atoms with Crippen molar-refractivity contribution in [3.63, 3.8) is 0 Å². The van der Waals surface area contributed by atoms with E-state index < -0.39 is 30.0 Å². The summed E-state index contributed by atoms with van der Waals surface area (Å²) < 4.78 is 56.6. The molecule has 2 fully saturated rings. The second-order valence-corrected chi connectivity index (χ2v) is 11.0. The standard InChI is InChI=1S/C28H36F4N6O3/c1-3-35-6-8-36(9-7-35)16-20(19-4-5-23(21(29)15-19)41-28(30,31)32)27(40)38-12-10-37(11-13-38)26-24-18(2)14-22(39)25(24)33-17-34-26/h4-5,15,17-18,20,22,39H,3,6-14,16H2,1-2H3/t18?,20-,22+/m0/s1. The molecule has 224 valence electrons. The van der Waals surface area contributed by atoms with Crippen molar-refractivity contribution in [2.24, 2.45) is 0 Å². The Morgan fingerprint density at radius 3 is 2.39 bits per heavy atom. The van der Waals surface area contributed by atoms with E-state index in [0.717, 1.165) is 56.2 Å². The number of halogens is 4. The molecule has 1 aromatic heterocycles. The van der Waals surface area contributed by atoms with Crippen LogP contribution in [0.15, 0.2) is 24.5 Å². The predicted octanol–water partition coefficient (Wildman–Crippen LogP) is 3.12. The number of hydrogen-bond acceptors (Lipinski definition) is 8. The van der Waals surface area contributed by atoms with E-state index >= 15 is 0 Å². The van der Waals surface area contributed by atoms with Gasteiger partial charge in [0.1, 0.15) is 12.1 Å². The number of piperazine rings is 2. The van der Waals surface area contributed by atoms with Gasteiger partial charge in [0.2, 0.25) is 5.91 Å². The molecule has 3 atom stereocenters. The van der Waals surface area contributed by atoms with Crippen molar-refractivity contribution in [3.05, 3.63) is 47.2 Å². The molecule has 1 N–H and O–H groups in total. The van der Waals surface area contributed by atoms with Crippen molar-refractivity contribution in [1.82, 2.24) is 24.7 Å². The fourth-order valence-electron chi connectivity index (χ4n) is 6.13. The minimum Gasteiger partial charge on any atom is -0.403 e. The van der Waals surface area contributed by atoms with Crippen LogP contribution in [0.3, 0.4) is 0 Å². The number of ether oxygens (including phenoxy) is 1. The molecule has 5 rings (SSSR count). The van der Waals surface area contributed by atoms with Gasteiger partial charge in [0, 0.05) is 64.5 Å². The van der Waals surface area contributed by atoms with Gasteiger partial charge in [0.25, 0.3) is 0 Å². The Bertz CT molecular complexity index is 1230. The first-order chi connectivity index (χ1) is 19.5. The second kappa shape index (κ2) is 12.1. The number of aromatic nitrogens is 2. The van der Waals surface area contributed by atoms with Gasteiger partial charge in [0.15, 0.2) is 11.6 Å². The largest absolute Gasteiger partial charge is 0.573 e. The molecule has 3 aliphatic rings. The number of aliphatic hydroxyl groups excluding tert-OH is 1. The van der Waals surface area contributed by atoms with Crippen LogP contribution >= 0.6 is 0 Å². The van der Waals surface area contributed by atoms with Crippen molar-refractivity contribution >= 4 is 11.7 Å². The Labute approximate surface area is 236 Å². The van der Waals surface area contributed by atoms with Crippen LogP contribution in [0.1, 0.15) is 55.0 Å². The van der Waals surface area contributed by atoms with Gasteiger partial charge in [-0.05, 0) is 36.6 Å². The van der Waals surface area contributed by atoms with Crippen LogP contribution in [0.5, 0.6) is 5.75 Å². The van der Waals surface area contributed by atoms with Gasteiger partial charge in [-0.1, -0.05) is 19.9 Å². The topological polar surface area (TPSA) is 85.3 Å². The molecular formula is C28H36F4N6O3. The van der Waals surface area contributed by atoms with Crippen LogP contribution in [0.2, 0.25) is 0 Å². The maximum atomic E-state index is 14.7. The number of amides is 1. The average molecular weight is 581 g/mol. The third-order valence-electron chi connectivity index (χ3n) is 8.40. The van der Waals surface area contributed by atoms with Crippen LogP contribution < -0.4 is 9.64 Å². The highest BCUT2D eigenvalue weighted by atomic mass is 19.4. The highest BCUT2D eigenvalue weighted by Crippen LogP contribution is 2.43. The molecule has 1 unspecified atom stereocenters. The van der Waals surface area contributed by atoms with E-state index in [1.807, 2.05) is 6.92 Å². The Hall–Kier alpha value is -3.03. The van der Waals surface area contributed by atoms with Gasteiger partial charge in [0.05, 0.1) is 17.7 Å². The summed E-state index contributed by atoms with van der Waals surface area (Å²) in [6.45, 7) is 10.4. The molecule has 2 aliphatic heterocycles. The fraction of sp³-hybridized carbons (Fsp3) is 0.607. The molecular weight excluding hydrogens is 544 g/mol. The molecule has 2 saturated heterocycles. The molecule has 0 saturated carbocycles. The summed E-state index contributed by atoms with van der Waals surface area (Å²) in [6.07, 6.45) is -3.58. The first kappa shape index (κ1) is 29.5. The number of anilines is 1. The third kappa shape index (κ3) is 6.57. The van der Waals surface area contributed by atoms with E-state index in [0.29, 0.717) is 50.4 Å². The van der Waals surface area contributed by atoms with Gasteiger partial charge >= 0.3 is 6.36 Å². The van der Waals surface area contributed by atoms with Gasteiger partial charge in [-0.15, -0.1) is 13.2 Å². The van der Waals surface area contributed by atoms with Crippen molar-refractivity contribution in [1.29, 1.82) is 0 Å². The minimum atomic E-state index is -5.02. The molecule has 1 amide bonds. The summed E-state index contributed by atoms with van der Waals surface area (Å²) in [4.78, 5) is 31.0. The summed E-state index contributed by atoms with van der Waals surface area (Å²) in [5, 5.41) is 10.4. The number of aliphatic hydroxyl groups is 1. The molecule has 0 bridgehead atoms. The second-order valence-electron chi connectivity index (χ2n) is 11.0. The molecule has 1 aliphatic carbocycles. The number of likely N-dealkylation sites (N-methyl/N-ethyl adjacent to an activating group) is 1. The number of alkyl halides is 3. The van der Waals surface area contributed by atoms with Gasteiger partial charge in [-0.25, -0.2) is 14.4 Å². The van der Waals surface area contributed by atoms with Gasteiger partial charge in [-0.3, -0.25) is 9.69 Å². The van der Waals surface area contributed by atoms with Crippen LogP contribution in [0.4, 0.5) is 23.4 Å². The Morgan fingerprint density at radius 1 is 1.07 bits per heavy atom. The number of benzene rings is 1. The number of hydrogen-bond donors (Lipinski definition) is 1. The van der Waals surface area contributed by atoms with Crippen molar-refractivity contribution < 1.29 is 32.2 Å². The van der Waals surface area contributed by atoms with Gasteiger partial charge in [-0.2, -0.15) is 0 Å². The molecule has 41 heavy (non-hydrogen) atoms. The van der Waals surface area contributed by atoms with Crippen LogP contribution in [-0.2, 0) is 4.79 Å². The average Bonchev–Trinajstić information content (AvgIpc) is 3.25. The predicted molar refractivity (Wildman–Crippen MR) is 143 cm³/mol. The zero-order valence-corrected chi connectivity index (χ0v) is 23.3. The molecule has 0 spiro atoms. The smallest absolute Gasteiger partial charge is 0.403 e. The summed E-state index contributed by atoms with van der Waals surface area (Å²) in [7, 11) is 0. The first-order valence-electron chi connectivity index (χ1n) is 14.1. The molecule has 0 radical (unpaired) electrons. The lowest BCUT2D eigenvalue weighted by atomic mass is 9.95. The lowest BCUT2D eigenvalue weighted by Crippen LogP contribution is -2.53. The molecule has 2 aromatic rings. The molecule has 13 heteroatoms. The van der Waals surface area contributed by atoms with Crippen LogP contribution in [0.25, 0.3) is 0 Å². The summed E-state index contributed by atoms with van der Waals surface area (Å²) in [6, 6.07) is 3.28. The lowest BCUT2D eigenvalue weighted by molar-refractivity contribution is -0.275. The summed E-state index contributed by atoms with van der Waals surface area (Å²) in [5.41, 5.74) is 1.92. The number of rotatable bonds is 7. The third-order valence-corrected chi connectivity index (χ3v) is 8.40. The summed E-state index contributed by atoms with van der Waals surface area (Å²) >= 11 is 0. The maximum absolute atomic E-state index is 14.7. The van der Waals surface area contributed by atoms with Crippen molar-refractivity contribution in [2.45, 2.75) is 44.6 Å². The SMILES string of the molecule is CCN1CCN(C[C@H](C(=O)N2CCN(c3ncnc4c3C(C)C[C@H]4O)CC2)c2ccc(OC(F)(F)F)c(F)c2)CC1. The summed E-state index contributed by atoms with van der Waals surface area (Å²) in [5.74, 6) is -2.13. The number of nitrogens with zero attached hydrogens (tertiary/aromatic N) is 6. The van der Waals surface area contributed by atoms with Crippen LogP contribution in [-0.4, -0.2) is 107 Å². The number of carbonyl (C=O) groups is 1. The highest BCUT2D eigenvalue weighted by Gasteiger charge is 2.37. The van der Waals surface area contributed by atoms with Crippen molar-refractivity contribution in [2.75, 3.05) is 70.3 Å². The lowest BCUT2D eigenvalue weighted by Gasteiger charge is -2.40. The quantitative estimate of drug-likeness (QED) is 0.501. The molecule has 9 nitrogen and oxygen atoms in total. The number of fused-ring (bicyclic) bond motifs is 1. The normalized spacial score (nSPS) is 23.0. The van der Waals surface area contributed by atoms with E-state index in [2.05, 4.69) is 36.3 Å². The number of carbonyl (C=O) groups excluding carboxylic acids is 1. The zero-order chi connectivity index (χ0) is 29.3. The minimum absolute atomic E-state index is 0.118.